The molecular formula is C58H39N3. The lowest BCUT2D eigenvalue weighted by atomic mass is 9.67. The van der Waals surface area contributed by atoms with E-state index in [1.54, 1.807) is 0 Å². The van der Waals surface area contributed by atoms with Gasteiger partial charge in [-0.05, 0) is 78.9 Å². The second-order valence-corrected chi connectivity index (χ2v) is 15.5. The zero-order valence-electron chi connectivity index (χ0n) is 33.4. The Morgan fingerprint density at radius 3 is 1.33 bits per heavy atom. The molecule has 11 rings (SSSR count). The third-order valence-corrected chi connectivity index (χ3v) is 12.0. The van der Waals surface area contributed by atoms with E-state index in [1.165, 1.54) is 38.9 Å². The Balaban J connectivity index is 1.13. The van der Waals surface area contributed by atoms with Crippen LogP contribution in [-0.4, -0.2) is 15.0 Å². The molecule has 3 heteroatoms. The topological polar surface area (TPSA) is 38.7 Å². The first-order chi connectivity index (χ1) is 30.3. The number of hydrogen-bond acceptors (Lipinski definition) is 3. The largest absolute Gasteiger partial charge is 0.208 e. The molecule has 0 saturated carbocycles. The number of benzene rings is 9. The van der Waals surface area contributed by atoms with Crippen molar-refractivity contribution in [3.63, 3.8) is 0 Å². The summed E-state index contributed by atoms with van der Waals surface area (Å²) in [6.07, 6.45) is 0. The summed E-state index contributed by atoms with van der Waals surface area (Å²) in [6, 6.07) is 84.2. The fourth-order valence-corrected chi connectivity index (χ4v) is 9.31. The molecule has 0 spiro atoms. The quantitative estimate of drug-likeness (QED) is 0.154. The summed E-state index contributed by atoms with van der Waals surface area (Å²) in [4.78, 5) is 15.5. The summed E-state index contributed by atoms with van der Waals surface area (Å²) in [7, 11) is 0. The fraction of sp³-hybridized carbons (Fsp3) is 0.0172. The van der Waals surface area contributed by atoms with Crippen molar-refractivity contribution in [1.82, 2.24) is 15.0 Å². The van der Waals surface area contributed by atoms with Crippen LogP contribution in [0.3, 0.4) is 0 Å². The van der Waals surface area contributed by atoms with E-state index in [4.69, 9.17) is 15.0 Å². The van der Waals surface area contributed by atoms with Crippen LogP contribution in [0, 0.1) is 0 Å². The van der Waals surface area contributed by atoms with E-state index < -0.39 is 5.41 Å². The average Bonchev–Trinajstić information content (AvgIpc) is 3.66. The zero-order valence-corrected chi connectivity index (χ0v) is 33.4. The van der Waals surface area contributed by atoms with Crippen LogP contribution in [0.1, 0.15) is 22.3 Å². The minimum absolute atomic E-state index is 0.496. The molecule has 0 saturated heterocycles. The number of rotatable bonds is 8. The van der Waals surface area contributed by atoms with E-state index in [1.807, 2.05) is 24.3 Å². The molecule has 286 valence electrons. The van der Waals surface area contributed by atoms with E-state index in [9.17, 15) is 0 Å². The van der Waals surface area contributed by atoms with E-state index in [2.05, 4.69) is 212 Å². The first-order valence-electron chi connectivity index (χ1n) is 20.8. The van der Waals surface area contributed by atoms with Crippen molar-refractivity contribution in [2.75, 3.05) is 0 Å². The van der Waals surface area contributed by atoms with Crippen LogP contribution in [0.15, 0.2) is 237 Å². The highest BCUT2D eigenvalue weighted by Gasteiger charge is 2.46. The lowest BCUT2D eigenvalue weighted by Crippen LogP contribution is -2.28. The van der Waals surface area contributed by atoms with Crippen molar-refractivity contribution in [1.29, 1.82) is 0 Å². The van der Waals surface area contributed by atoms with Gasteiger partial charge in [-0.15, -0.1) is 0 Å². The van der Waals surface area contributed by atoms with Crippen LogP contribution in [0.5, 0.6) is 0 Å². The molecule has 10 aromatic rings. The number of fused-ring (bicyclic) bond motifs is 3. The lowest BCUT2D eigenvalue weighted by Gasteiger charge is -2.34. The SMILES string of the molecule is c1ccc(-c2cccc(-c3nc(-c4ccccc4)nc(-c4ccc(-c5cccc6c5-c5ccccc5C6(c5ccccc5)c5ccccc5)c(-c5ccccc5)c4)n3)c2)cc1. The van der Waals surface area contributed by atoms with Crippen LogP contribution in [0.4, 0.5) is 0 Å². The summed E-state index contributed by atoms with van der Waals surface area (Å²) >= 11 is 0. The molecule has 0 N–H and O–H groups in total. The van der Waals surface area contributed by atoms with Gasteiger partial charge >= 0.3 is 0 Å². The van der Waals surface area contributed by atoms with Crippen LogP contribution in [0.25, 0.3) is 78.7 Å². The predicted molar refractivity (Wildman–Crippen MR) is 250 cm³/mol. The van der Waals surface area contributed by atoms with Gasteiger partial charge in [0.1, 0.15) is 0 Å². The number of hydrogen-bond donors (Lipinski definition) is 0. The highest BCUT2D eigenvalue weighted by Crippen LogP contribution is 2.58. The Bertz CT molecular complexity index is 3120. The average molecular weight is 778 g/mol. The van der Waals surface area contributed by atoms with Gasteiger partial charge in [-0.1, -0.05) is 224 Å². The molecule has 0 bridgehead atoms. The maximum absolute atomic E-state index is 5.22. The third kappa shape index (κ3) is 6.27. The first-order valence-corrected chi connectivity index (χ1v) is 20.8. The highest BCUT2D eigenvalue weighted by atomic mass is 15.0. The van der Waals surface area contributed by atoms with E-state index in [0.717, 1.165) is 44.5 Å². The molecular weight excluding hydrogens is 739 g/mol. The van der Waals surface area contributed by atoms with Crippen molar-refractivity contribution < 1.29 is 0 Å². The molecule has 0 fully saturated rings. The van der Waals surface area contributed by atoms with Crippen molar-refractivity contribution in [3.05, 3.63) is 259 Å². The van der Waals surface area contributed by atoms with E-state index in [-0.39, 0.29) is 0 Å². The first kappa shape index (κ1) is 36.1. The molecule has 61 heavy (non-hydrogen) atoms. The third-order valence-electron chi connectivity index (χ3n) is 12.0. The van der Waals surface area contributed by atoms with E-state index >= 15 is 0 Å². The minimum Gasteiger partial charge on any atom is -0.208 e. The van der Waals surface area contributed by atoms with E-state index in [0.29, 0.717) is 17.5 Å². The Hall–Kier alpha value is -8.01. The lowest BCUT2D eigenvalue weighted by molar-refractivity contribution is 0.768. The van der Waals surface area contributed by atoms with Gasteiger partial charge in [0.25, 0.3) is 0 Å². The molecule has 0 amide bonds. The molecule has 1 aliphatic carbocycles. The summed E-state index contributed by atoms with van der Waals surface area (Å²) < 4.78 is 0. The zero-order chi connectivity index (χ0) is 40.6. The maximum atomic E-state index is 5.22. The molecule has 1 aromatic heterocycles. The van der Waals surface area contributed by atoms with Crippen molar-refractivity contribution in [3.8, 4) is 78.7 Å². The Kier molecular flexibility index (Phi) is 9.05. The molecule has 1 aliphatic rings. The van der Waals surface area contributed by atoms with Gasteiger partial charge < -0.3 is 0 Å². The van der Waals surface area contributed by atoms with Gasteiger partial charge in [0, 0.05) is 16.7 Å². The molecule has 1 heterocycles. The fourth-order valence-electron chi connectivity index (χ4n) is 9.31. The summed E-state index contributed by atoms with van der Waals surface area (Å²) in [5.41, 5.74) is 16.7. The standard InChI is InChI=1S/C58H39N3/c1-6-20-40(21-7-1)43-26-18-27-44(38-43)56-59-55(42-24-10-3-11-25-42)60-57(61-56)45-36-37-48(51(39-45)41-22-8-2-9-23-41)49-33-19-35-53-54(49)50-32-16-17-34-52(50)58(53,46-28-12-4-13-29-46)47-30-14-5-15-31-47/h1-39H. The van der Waals surface area contributed by atoms with Crippen LogP contribution >= 0.6 is 0 Å². The molecule has 0 unspecified atom stereocenters. The van der Waals surface area contributed by atoms with Gasteiger partial charge in [0.2, 0.25) is 0 Å². The molecule has 0 atom stereocenters. The second kappa shape index (κ2) is 15.3. The second-order valence-electron chi connectivity index (χ2n) is 15.5. The van der Waals surface area contributed by atoms with Gasteiger partial charge in [-0.3, -0.25) is 0 Å². The van der Waals surface area contributed by atoms with Crippen molar-refractivity contribution >= 4 is 0 Å². The normalized spacial score (nSPS) is 12.4. The molecule has 0 aliphatic heterocycles. The Morgan fingerprint density at radius 1 is 0.246 bits per heavy atom. The van der Waals surface area contributed by atoms with Gasteiger partial charge in [-0.25, -0.2) is 15.0 Å². The number of aromatic nitrogens is 3. The molecule has 0 radical (unpaired) electrons. The van der Waals surface area contributed by atoms with Gasteiger partial charge in [0.05, 0.1) is 5.41 Å². The number of nitrogens with zero attached hydrogens (tertiary/aromatic N) is 3. The molecule has 9 aromatic carbocycles. The summed E-state index contributed by atoms with van der Waals surface area (Å²) in [5.74, 6) is 1.88. The van der Waals surface area contributed by atoms with Crippen LogP contribution < -0.4 is 0 Å². The summed E-state index contributed by atoms with van der Waals surface area (Å²) in [6.45, 7) is 0. The summed E-state index contributed by atoms with van der Waals surface area (Å²) in [5, 5.41) is 0. The predicted octanol–water partition coefficient (Wildman–Crippen LogP) is 14.2. The van der Waals surface area contributed by atoms with Crippen molar-refractivity contribution in [2.45, 2.75) is 5.41 Å². The maximum Gasteiger partial charge on any atom is 0.164 e. The van der Waals surface area contributed by atoms with Gasteiger partial charge in [0.15, 0.2) is 17.5 Å². The molecule has 3 nitrogen and oxygen atoms in total. The van der Waals surface area contributed by atoms with Crippen molar-refractivity contribution in [2.24, 2.45) is 0 Å². The smallest absolute Gasteiger partial charge is 0.164 e. The van der Waals surface area contributed by atoms with Gasteiger partial charge in [-0.2, -0.15) is 0 Å². The Morgan fingerprint density at radius 2 is 0.689 bits per heavy atom. The van der Waals surface area contributed by atoms with Crippen LogP contribution in [-0.2, 0) is 5.41 Å². The van der Waals surface area contributed by atoms with Crippen LogP contribution in [0.2, 0.25) is 0 Å². The highest BCUT2D eigenvalue weighted by molar-refractivity contribution is 5.99. The minimum atomic E-state index is -0.496. The monoisotopic (exact) mass is 777 g/mol. The Labute approximate surface area is 356 Å².